The van der Waals surface area contributed by atoms with Gasteiger partial charge in [0.05, 0.1) is 12.4 Å². The molecule has 98 valence electrons. The molecule has 1 saturated heterocycles. The van der Waals surface area contributed by atoms with Gasteiger partial charge in [-0.1, -0.05) is 26.8 Å². The molecule has 1 N–H and O–H groups in total. The summed E-state index contributed by atoms with van der Waals surface area (Å²) in [6.07, 6.45) is 3.62. The fourth-order valence-corrected chi connectivity index (χ4v) is 3.43. The van der Waals surface area contributed by atoms with Gasteiger partial charge in [-0.2, -0.15) is 8.42 Å². The topological polar surface area (TPSA) is 55.4 Å². The summed E-state index contributed by atoms with van der Waals surface area (Å²) in [5.74, 6) is 0.436. The van der Waals surface area contributed by atoms with Crippen LogP contribution in [0.25, 0.3) is 0 Å². The molecule has 0 aromatic heterocycles. The van der Waals surface area contributed by atoms with E-state index in [-0.39, 0.29) is 11.5 Å². The van der Waals surface area contributed by atoms with E-state index in [1.54, 1.807) is 0 Å². The van der Waals surface area contributed by atoms with E-state index in [4.69, 9.17) is 4.18 Å². The highest BCUT2D eigenvalue weighted by Gasteiger charge is 2.42. The zero-order valence-corrected chi connectivity index (χ0v) is 11.7. The minimum Gasteiger partial charge on any atom is -0.309 e. The van der Waals surface area contributed by atoms with E-state index in [1.165, 1.54) is 5.57 Å². The lowest BCUT2D eigenvalue weighted by Gasteiger charge is -2.28. The van der Waals surface area contributed by atoms with Crippen LogP contribution >= 0.6 is 0 Å². The predicted molar refractivity (Wildman–Crippen MR) is 67.2 cm³/mol. The van der Waals surface area contributed by atoms with E-state index in [0.717, 1.165) is 19.2 Å². The van der Waals surface area contributed by atoms with E-state index in [0.29, 0.717) is 12.0 Å². The first-order valence-corrected chi connectivity index (χ1v) is 7.82. The summed E-state index contributed by atoms with van der Waals surface area (Å²) in [5.41, 5.74) is 1.48. The van der Waals surface area contributed by atoms with Crippen LogP contribution in [0, 0.1) is 11.3 Å². The molecule has 0 spiro atoms. The molecule has 2 aliphatic rings. The highest BCUT2D eigenvalue weighted by Crippen LogP contribution is 2.40. The SMILES string of the molecule is CC(C)(C)C1NC[C@@H]2C[C@@H](OS(C)(=O)=O)C=C12. The van der Waals surface area contributed by atoms with Crippen molar-refractivity contribution in [2.75, 3.05) is 12.8 Å². The van der Waals surface area contributed by atoms with E-state index in [1.807, 2.05) is 6.08 Å². The Kier molecular flexibility index (Phi) is 3.13. The van der Waals surface area contributed by atoms with Crippen molar-refractivity contribution in [2.45, 2.75) is 39.3 Å². The summed E-state index contributed by atoms with van der Waals surface area (Å²) in [5, 5.41) is 3.51. The van der Waals surface area contributed by atoms with Crippen LogP contribution in [-0.2, 0) is 14.3 Å². The maximum absolute atomic E-state index is 11.1. The smallest absolute Gasteiger partial charge is 0.264 e. The minimum absolute atomic E-state index is 0.153. The first-order valence-electron chi connectivity index (χ1n) is 6.00. The van der Waals surface area contributed by atoms with Gasteiger partial charge in [0, 0.05) is 12.6 Å². The highest BCUT2D eigenvalue weighted by molar-refractivity contribution is 7.86. The molecule has 0 saturated carbocycles. The van der Waals surface area contributed by atoms with Crippen molar-refractivity contribution < 1.29 is 12.6 Å². The predicted octanol–water partition coefficient (Wildman–Crippen LogP) is 1.30. The Hall–Kier alpha value is -0.390. The number of nitrogens with one attached hydrogen (secondary N) is 1. The molecule has 2 rings (SSSR count). The lowest BCUT2D eigenvalue weighted by Crippen LogP contribution is -2.36. The van der Waals surface area contributed by atoms with Gasteiger partial charge in [0.2, 0.25) is 0 Å². The molecule has 1 fully saturated rings. The molecule has 0 amide bonds. The van der Waals surface area contributed by atoms with Gasteiger partial charge in [0.1, 0.15) is 0 Å². The number of hydrogen-bond donors (Lipinski definition) is 1. The molecular weight excluding hydrogens is 238 g/mol. The highest BCUT2D eigenvalue weighted by atomic mass is 32.2. The van der Waals surface area contributed by atoms with Crippen molar-refractivity contribution in [3.05, 3.63) is 11.6 Å². The molecule has 1 unspecified atom stereocenters. The fourth-order valence-electron chi connectivity index (χ4n) is 2.84. The molecule has 1 heterocycles. The van der Waals surface area contributed by atoms with Crippen molar-refractivity contribution in [1.29, 1.82) is 0 Å². The fraction of sp³-hybridized carbons (Fsp3) is 0.833. The van der Waals surface area contributed by atoms with Crippen molar-refractivity contribution in [3.8, 4) is 0 Å². The van der Waals surface area contributed by atoms with E-state index in [9.17, 15) is 8.42 Å². The maximum Gasteiger partial charge on any atom is 0.264 e. The van der Waals surface area contributed by atoms with Crippen LogP contribution in [0.2, 0.25) is 0 Å². The quantitative estimate of drug-likeness (QED) is 0.600. The Balaban J connectivity index is 2.14. The van der Waals surface area contributed by atoms with Gasteiger partial charge >= 0.3 is 0 Å². The van der Waals surface area contributed by atoms with Crippen LogP contribution in [0.15, 0.2) is 11.6 Å². The average molecular weight is 259 g/mol. The summed E-state index contributed by atoms with van der Waals surface area (Å²) >= 11 is 0. The lowest BCUT2D eigenvalue weighted by molar-refractivity contribution is 0.244. The molecule has 0 aromatic carbocycles. The van der Waals surface area contributed by atoms with Crippen molar-refractivity contribution in [3.63, 3.8) is 0 Å². The minimum atomic E-state index is -3.36. The zero-order chi connectivity index (χ0) is 12.8. The summed E-state index contributed by atoms with van der Waals surface area (Å²) in [4.78, 5) is 0. The maximum atomic E-state index is 11.1. The van der Waals surface area contributed by atoms with Gasteiger partial charge in [0.25, 0.3) is 10.1 Å². The Bertz CT molecular complexity index is 433. The molecular formula is C12H21NO3S. The van der Waals surface area contributed by atoms with Crippen LogP contribution in [-0.4, -0.2) is 33.4 Å². The molecule has 0 bridgehead atoms. The van der Waals surface area contributed by atoms with Crippen LogP contribution in [0.5, 0.6) is 0 Å². The van der Waals surface area contributed by atoms with Gasteiger partial charge < -0.3 is 5.32 Å². The van der Waals surface area contributed by atoms with Crippen molar-refractivity contribution >= 4 is 10.1 Å². The summed E-state index contributed by atoms with van der Waals surface area (Å²) in [6.45, 7) is 7.51. The Morgan fingerprint density at radius 1 is 1.41 bits per heavy atom. The number of fused-ring (bicyclic) bond motifs is 1. The second kappa shape index (κ2) is 4.07. The van der Waals surface area contributed by atoms with Crippen molar-refractivity contribution in [1.82, 2.24) is 5.32 Å². The third kappa shape index (κ3) is 2.89. The summed E-state index contributed by atoms with van der Waals surface area (Å²) in [7, 11) is -3.36. The second-order valence-corrected chi connectivity index (χ2v) is 7.75. The molecule has 0 radical (unpaired) electrons. The van der Waals surface area contributed by atoms with Gasteiger partial charge in [-0.15, -0.1) is 0 Å². The largest absolute Gasteiger partial charge is 0.309 e. The summed E-state index contributed by atoms with van der Waals surface area (Å²) < 4.78 is 27.3. The standard InChI is InChI=1S/C12H21NO3S/c1-12(2,3)11-10-6-9(16-17(4,14)15)5-8(10)7-13-11/h6,8-9,11,13H,5,7H2,1-4H3/t8-,9+,11?/m0/s1. The van der Waals surface area contributed by atoms with Crippen LogP contribution in [0.4, 0.5) is 0 Å². The average Bonchev–Trinajstić information content (AvgIpc) is 2.55. The molecule has 1 aliphatic heterocycles. The zero-order valence-electron chi connectivity index (χ0n) is 10.9. The third-order valence-corrected chi connectivity index (χ3v) is 4.03. The molecule has 5 heteroatoms. The van der Waals surface area contributed by atoms with E-state index < -0.39 is 10.1 Å². The summed E-state index contributed by atoms with van der Waals surface area (Å²) in [6, 6.07) is 0.334. The molecule has 3 atom stereocenters. The lowest BCUT2D eigenvalue weighted by atomic mass is 9.82. The van der Waals surface area contributed by atoms with Crippen LogP contribution in [0.1, 0.15) is 27.2 Å². The molecule has 0 aromatic rings. The van der Waals surface area contributed by atoms with Gasteiger partial charge in [-0.05, 0) is 23.3 Å². The normalized spacial score (nSPS) is 33.6. The Morgan fingerprint density at radius 3 is 2.59 bits per heavy atom. The van der Waals surface area contributed by atoms with E-state index in [2.05, 4.69) is 26.1 Å². The third-order valence-electron chi connectivity index (χ3n) is 3.43. The van der Waals surface area contributed by atoms with Gasteiger partial charge in [0.15, 0.2) is 0 Å². The number of rotatable bonds is 2. The second-order valence-electron chi connectivity index (χ2n) is 6.15. The Labute approximate surface area is 104 Å². The molecule has 17 heavy (non-hydrogen) atoms. The number of hydrogen-bond acceptors (Lipinski definition) is 4. The van der Waals surface area contributed by atoms with Crippen LogP contribution < -0.4 is 5.32 Å². The first-order chi connectivity index (χ1) is 7.67. The van der Waals surface area contributed by atoms with Crippen molar-refractivity contribution in [2.24, 2.45) is 11.3 Å². The molecule has 1 aliphatic carbocycles. The van der Waals surface area contributed by atoms with Crippen LogP contribution in [0.3, 0.4) is 0 Å². The van der Waals surface area contributed by atoms with Gasteiger partial charge in [-0.3, -0.25) is 4.18 Å². The van der Waals surface area contributed by atoms with E-state index >= 15 is 0 Å². The first kappa shape index (κ1) is 13.1. The Morgan fingerprint density at radius 2 is 2.06 bits per heavy atom. The van der Waals surface area contributed by atoms with Gasteiger partial charge in [-0.25, -0.2) is 0 Å². The molecule has 4 nitrogen and oxygen atoms in total. The monoisotopic (exact) mass is 259 g/mol.